The Morgan fingerprint density at radius 1 is 1.19 bits per heavy atom. The number of hydrogen-bond acceptors (Lipinski definition) is 3. The Labute approximate surface area is 127 Å². The van der Waals surface area contributed by atoms with E-state index >= 15 is 0 Å². The van der Waals surface area contributed by atoms with Gasteiger partial charge in [0.05, 0.1) is 6.04 Å². The third-order valence-corrected chi connectivity index (χ3v) is 4.70. The summed E-state index contributed by atoms with van der Waals surface area (Å²) in [6.45, 7) is 4.21. The third-order valence-electron chi connectivity index (χ3n) is 4.70. The molecule has 2 aliphatic rings. The molecule has 0 spiro atoms. The van der Waals surface area contributed by atoms with E-state index in [2.05, 4.69) is 40.5 Å². The Morgan fingerprint density at radius 3 is 2.71 bits per heavy atom. The topological polar surface area (TPSA) is 35.6 Å². The number of carbonyl (C=O) groups excluding carboxylic acids is 1. The van der Waals surface area contributed by atoms with Crippen LogP contribution in [0.1, 0.15) is 18.4 Å². The van der Waals surface area contributed by atoms with E-state index < -0.39 is 0 Å². The first kappa shape index (κ1) is 14.5. The Bertz CT molecular complexity index is 476. The summed E-state index contributed by atoms with van der Waals surface area (Å²) in [7, 11) is 1.89. The van der Waals surface area contributed by atoms with Crippen LogP contribution >= 0.6 is 0 Å². The van der Waals surface area contributed by atoms with Gasteiger partial charge in [-0.15, -0.1) is 0 Å². The molecule has 1 aromatic rings. The Morgan fingerprint density at radius 2 is 2.00 bits per heavy atom. The number of hydrogen-bond donors (Lipinski definition) is 1. The smallest absolute Gasteiger partial charge is 0.239 e. The zero-order valence-electron chi connectivity index (χ0n) is 12.8. The largest absolute Gasteiger partial charge is 0.344 e. The van der Waals surface area contributed by atoms with Crippen molar-refractivity contribution in [2.45, 2.75) is 31.3 Å². The van der Waals surface area contributed by atoms with Crippen molar-refractivity contribution in [2.75, 3.05) is 33.2 Å². The number of likely N-dealkylation sites (tertiary alicyclic amines) is 2. The van der Waals surface area contributed by atoms with Crippen molar-refractivity contribution in [1.82, 2.24) is 15.1 Å². The van der Waals surface area contributed by atoms with E-state index in [-0.39, 0.29) is 11.9 Å². The average molecular weight is 287 g/mol. The van der Waals surface area contributed by atoms with Crippen LogP contribution in [-0.4, -0.2) is 61.0 Å². The lowest BCUT2D eigenvalue weighted by atomic mass is 10.1. The van der Waals surface area contributed by atoms with Gasteiger partial charge in [0.1, 0.15) is 0 Å². The summed E-state index contributed by atoms with van der Waals surface area (Å²) in [4.78, 5) is 16.3. The first-order chi connectivity index (χ1) is 10.2. The average Bonchev–Trinajstić information content (AvgIpc) is 3.08. The molecule has 4 heteroatoms. The maximum atomic E-state index is 11.9. The Kier molecular flexibility index (Phi) is 4.56. The molecule has 0 saturated carbocycles. The Balaban J connectivity index is 1.42. The highest BCUT2D eigenvalue weighted by molar-refractivity contribution is 5.83. The van der Waals surface area contributed by atoms with Gasteiger partial charge in [-0.05, 0) is 31.4 Å². The number of benzene rings is 1. The zero-order valence-corrected chi connectivity index (χ0v) is 12.8. The summed E-state index contributed by atoms with van der Waals surface area (Å²) < 4.78 is 0. The minimum absolute atomic E-state index is 0.0501. The van der Waals surface area contributed by atoms with Crippen LogP contribution in [-0.2, 0) is 11.2 Å². The summed E-state index contributed by atoms with van der Waals surface area (Å²) >= 11 is 0. The van der Waals surface area contributed by atoms with E-state index in [0.717, 1.165) is 45.4 Å². The number of amides is 1. The molecular formula is C17H25N3O. The van der Waals surface area contributed by atoms with Gasteiger partial charge in [0, 0.05) is 32.7 Å². The van der Waals surface area contributed by atoms with Gasteiger partial charge in [-0.3, -0.25) is 4.79 Å². The highest BCUT2D eigenvalue weighted by Crippen LogP contribution is 2.15. The highest BCUT2D eigenvalue weighted by Gasteiger charge is 2.32. The first-order valence-corrected chi connectivity index (χ1v) is 7.99. The van der Waals surface area contributed by atoms with Crippen molar-refractivity contribution < 1.29 is 4.79 Å². The summed E-state index contributed by atoms with van der Waals surface area (Å²) in [5, 5.41) is 3.55. The van der Waals surface area contributed by atoms with E-state index in [1.807, 2.05) is 11.9 Å². The third kappa shape index (κ3) is 3.63. The Hall–Kier alpha value is -1.39. The van der Waals surface area contributed by atoms with E-state index in [0.29, 0.717) is 6.04 Å². The second-order valence-corrected chi connectivity index (χ2v) is 6.29. The molecule has 1 aromatic carbocycles. The van der Waals surface area contributed by atoms with Crippen molar-refractivity contribution in [3.63, 3.8) is 0 Å². The number of rotatable bonds is 5. The van der Waals surface area contributed by atoms with Crippen molar-refractivity contribution in [1.29, 1.82) is 0 Å². The van der Waals surface area contributed by atoms with Crippen LogP contribution in [0, 0.1) is 0 Å². The van der Waals surface area contributed by atoms with Crippen LogP contribution in [0.15, 0.2) is 30.3 Å². The van der Waals surface area contributed by atoms with Crippen molar-refractivity contribution in [2.24, 2.45) is 0 Å². The number of nitrogens with zero attached hydrogens (tertiary/aromatic N) is 2. The van der Waals surface area contributed by atoms with Gasteiger partial charge < -0.3 is 15.1 Å². The van der Waals surface area contributed by atoms with Crippen molar-refractivity contribution >= 4 is 5.91 Å². The minimum Gasteiger partial charge on any atom is -0.344 e. The first-order valence-electron chi connectivity index (χ1n) is 7.99. The van der Waals surface area contributed by atoms with E-state index in [1.165, 1.54) is 5.56 Å². The lowest BCUT2D eigenvalue weighted by Gasteiger charge is -2.19. The number of likely N-dealkylation sites (N-methyl/N-ethyl adjacent to an activating group) is 1. The van der Waals surface area contributed by atoms with Crippen molar-refractivity contribution in [3.05, 3.63) is 35.9 Å². The molecule has 0 bridgehead atoms. The summed E-state index contributed by atoms with van der Waals surface area (Å²) in [5.74, 6) is 0.262. The summed E-state index contributed by atoms with van der Waals surface area (Å²) in [6.07, 6.45) is 3.22. The van der Waals surface area contributed by atoms with Crippen molar-refractivity contribution in [3.8, 4) is 0 Å². The van der Waals surface area contributed by atoms with Crippen LogP contribution in [0.2, 0.25) is 0 Å². The molecule has 2 fully saturated rings. The van der Waals surface area contributed by atoms with Gasteiger partial charge >= 0.3 is 0 Å². The monoisotopic (exact) mass is 287 g/mol. The predicted octanol–water partition coefficient (Wildman–Crippen LogP) is 1.12. The van der Waals surface area contributed by atoms with Gasteiger partial charge in [0.15, 0.2) is 0 Å². The molecule has 0 aromatic heterocycles. The molecule has 114 valence electrons. The molecule has 0 radical (unpaired) electrons. The van der Waals surface area contributed by atoms with E-state index in [4.69, 9.17) is 0 Å². The second-order valence-electron chi connectivity index (χ2n) is 6.29. The second kappa shape index (κ2) is 6.58. The molecule has 0 aliphatic carbocycles. The molecule has 1 N–H and O–H groups in total. The molecule has 1 amide bonds. The molecule has 2 unspecified atom stereocenters. The number of carbonyl (C=O) groups is 1. The number of nitrogens with one attached hydrogen (secondary N) is 1. The SMILES string of the molecule is CN1CCC(NC2CCN(CCc3ccccc3)C2)C1=O. The maximum absolute atomic E-state index is 11.9. The fourth-order valence-corrected chi connectivity index (χ4v) is 3.37. The van der Waals surface area contributed by atoms with Crippen LogP contribution in [0.25, 0.3) is 0 Å². The van der Waals surface area contributed by atoms with Crippen LogP contribution in [0.4, 0.5) is 0 Å². The normalized spacial score (nSPS) is 26.7. The zero-order chi connectivity index (χ0) is 14.7. The predicted molar refractivity (Wildman–Crippen MR) is 84.2 cm³/mol. The van der Waals surface area contributed by atoms with Gasteiger partial charge in [0.25, 0.3) is 0 Å². The minimum atomic E-state index is 0.0501. The molecule has 2 heterocycles. The summed E-state index contributed by atoms with van der Waals surface area (Å²) in [5.41, 5.74) is 1.40. The quantitative estimate of drug-likeness (QED) is 0.881. The van der Waals surface area contributed by atoms with Crippen LogP contribution < -0.4 is 5.32 Å². The maximum Gasteiger partial charge on any atom is 0.239 e. The van der Waals surface area contributed by atoms with E-state index in [1.54, 1.807) is 0 Å². The molecule has 2 atom stereocenters. The lowest BCUT2D eigenvalue weighted by molar-refractivity contribution is -0.128. The van der Waals surface area contributed by atoms with Gasteiger partial charge in [-0.25, -0.2) is 0 Å². The van der Waals surface area contributed by atoms with Gasteiger partial charge in [-0.2, -0.15) is 0 Å². The molecular weight excluding hydrogens is 262 g/mol. The van der Waals surface area contributed by atoms with Crippen LogP contribution in [0.5, 0.6) is 0 Å². The fourth-order valence-electron chi connectivity index (χ4n) is 3.37. The van der Waals surface area contributed by atoms with Gasteiger partial charge in [0.2, 0.25) is 5.91 Å². The van der Waals surface area contributed by atoms with E-state index in [9.17, 15) is 4.79 Å². The standard InChI is InChI=1S/C17H25N3O/c1-19-10-9-16(17(19)21)18-15-8-12-20(13-15)11-7-14-5-3-2-4-6-14/h2-6,15-16,18H,7-13H2,1H3. The summed E-state index contributed by atoms with van der Waals surface area (Å²) in [6, 6.07) is 11.2. The highest BCUT2D eigenvalue weighted by atomic mass is 16.2. The molecule has 4 nitrogen and oxygen atoms in total. The molecule has 3 rings (SSSR count). The molecule has 21 heavy (non-hydrogen) atoms. The fraction of sp³-hybridized carbons (Fsp3) is 0.588. The van der Waals surface area contributed by atoms with Gasteiger partial charge in [-0.1, -0.05) is 30.3 Å². The molecule has 2 saturated heterocycles. The van der Waals surface area contributed by atoms with Crippen LogP contribution in [0.3, 0.4) is 0 Å². The molecule has 2 aliphatic heterocycles. The lowest BCUT2D eigenvalue weighted by Crippen LogP contribution is -2.44.